The van der Waals surface area contributed by atoms with Crippen LogP contribution in [-0.2, 0) is 4.79 Å². The lowest BCUT2D eigenvalue weighted by atomic mass is 10.5. The summed E-state index contributed by atoms with van der Waals surface area (Å²) in [6, 6.07) is 0. The summed E-state index contributed by atoms with van der Waals surface area (Å²) < 4.78 is 0. The van der Waals surface area contributed by atoms with Gasteiger partial charge in [-0.3, -0.25) is 4.79 Å². The van der Waals surface area contributed by atoms with E-state index in [0.717, 1.165) is 16.7 Å². The van der Waals surface area contributed by atoms with E-state index >= 15 is 0 Å². The van der Waals surface area contributed by atoms with Crippen LogP contribution >= 0.6 is 11.8 Å². The van der Waals surface area contributed by atoms with Crippen LogP contribution in [0.25, 0.3) is 0 Å². The average molecular weight is 204 g/mol. The highest BCUT2D eigenvalue weighted by atomic mass is 32.2. The van der Waals surface area contributed by atoms with Gasteiger partial charge < -0.3 is 20.8 Å². The van der Waals surface area contributed by atoms with Crippen LogP contribution in [0.2, 0.25) is 0 Å². The normalized spacial score (nSPS) is 26.8. The largest absolute Gasteiger partial charge is 0.395 e. The molecule has 1 atom stereocenters. The van der Waals surface area contributed by atoms with Gasteiger partial charge in [-0.15, -0.1) is 0 Å². The van der Waals surface area contributed by atoms with Gasteiger partial charge >= 0.3 is 0 Å². The first-order chi connectivity index (χ1) is 6.20. The Kier molecular flexibility index (Phi) is 3.73. The van der Waals surface area contributed by atoms with E-state index in [9.17, 15) is 9.90 Å². The first kappa shape index (κ1) is 10.5. The van der Waals surface area contributed by atoms with Crippen LogP contribution in [0.15, 0.2) is 11.1 Å². The summed E-state index contributed by atoms with van der Waals surface area (Å²) in [5.74, 6) is 0. The molecule has 13 heavy (non-hydrogen) atoms. The molecule has 1 aliphatic rings. The van der Waals surface area contributed by atoms with E-state index in [1.807, 2.05) is 0 Å². The molecule has 74 valence electrons. The molecule has 0 radical (unpaired) electrons. The zero-order chi connectivity index (χ0) is 9.73. The van der Waals surface area contributed by atoms with Crippen LogP contribution in [0, 0.1) is 0 Å². The van der Waals surface area contributed by atoms with Crippen molar-refractivity contribution < 1.29 is 15.0 Å². The van der Waals surface area contributed by atoms with Crippen LogP contribution in [0.3, 0.4) is 0 Å². The zero-order valence-electron chi connectivity index (χ0n) is 6.99. The summed E-state index contributed by atoms with van der Waals surface area (Å²) >= 11 is 1.06. The molecule has 0 aromatic carbocycles. The van der Waals surface area contributed by atoms with E-state index in [1.165, 1.54) is 0 Å². The maximum absolute atomic E-state index is 10.4. The minimum atomic E-state index is -1.50. The third kappa shape index (κ3) is 3.00. The number of hydrogen-bond donors (Lipinski definition) is 4. The highest BCUT2D eigenvalue weighted by molar-refractivity contribution is 8.05. The molecule has 1 heterocycles. The zero-order valence-corrected chi connectivity index (χ0v) is 7.80. The van der Waals surface area contributed by atoms with Gasteiger partial charge in [-0.2, -0.15) is 0 Å². The van der Waals surface area contributed by atoms with Gasteiger partial charge in [-0.05, 0) is 0 Å². The molecule has 0 fully saturated rings. The highest BCUT2D eigenvalue weighted by Crippen LogP contribution is 2.30. The van der Waals surface area contributed by atoms with Crippen molar-refractivity contribution in [2.45, 2.75) is 5.06 Å². The molecule has 1 aliphatic heterocycles. The first-order valence-electron chi connectivity index (χ1n) is 3.86. The van der Waals surface area contributed by atoms with Crippen molar-refractivity contribution in [3.63, 3.8) is 0 Å². The number of aliphatic hydroxyl groups excluding tert-OH is 1. The van der Waals surface area contributed by atoms with Gasteiger partial charge in [0.1, 0.15) is 0 Å². The van der Waals surface area contributed by atoms with Crippen LogP contribution in [0.5, 0.6) is 0 Å². The molecular weight excluding hydrogens is 192 g/mol. The van der Waals surface area contributed by atoms with Gasteiger partial charge in [-0.25, -0.2) is 0 Å². The summed E-state index contributed by atoms with van der Waals surface area (Å²) in [7, 11) is 0. The lowest BCUT2D eigenvalue weighted by Gasteiger charge is -2.13. The minimum absolute atomic E-state index is 0.0727. The lowest BCUT2D eigenvalue weighted by molar-refractivity contribution is -0.117. The summed E-state index contributed by atoms with van der Waals surface area (Å²) in [5, 5.41) is 21.8. The molecule has 0 aromatic rings. The maximum atomic E-state index is 10.4. The van der Waals surface area contributed by atoms with Crippen molar-refractivity contribution >= 4 is 18.0 Å². The SMILES string of the molecule is O=CC1(O)NC=C(CNCCO)S1. The molecule has 0 amide bonds. The third-order valence-corrected chi connectivity index (χ3v) is 2.52. The minimum Gasteiger partial charge on any atom is -0.395 e. The molecule has 0 saturated heterocycles. The molecule has 0 aromatic heterocycles. The van der Waals surface area contributed by atoms with Crippen molar-refractivity contribution in [2.75, 3.05) is 19.7 Å². The quantitative estimate of drug-likeness (QED) is 0.325. The lowest BCUT2D eigenvalue weighted by Crippen LogP contribution is -2.36. The molecule has 5 nitrogen and oxygen atoms in total. The van der Waals surface area contributed by atoms with Crippen LogP contribution in [0.1, 0.15) is 0 Å². The van der Waals surface area contributed by atoms with Crippen LogP contribution in [-0.4, -0.2) is 41.3 Å². The topological polar surface area (TPSA) is 81.6 Å². The van der Waals surface area contributed by atoms with Gasteiger partial charge in [0.05, 0.1) is 6.61 Å². The molecule has 0 aliphatic carbocycles. The van der Waals surface area contributed by atoms with E-state index < -0.39 is 5.06 Å². The summed E-state index contributed by atoms with van der Waals surface area (Å²) in [6.45, 7) is 1.11. The Morgan fingerprint density at radius 1 is 1.77 bits per heavy atom. The van der Waals surface area contributed by atoms with Gasteiger partial charge in [0.2, 0.25) is 5.06 Å². The fourth-order valence-corrected chi connectivity index (χ4v) is 1.74. The number of thioether (sulfide) groups is 1. The van der Waals surface area contributed by atoms with E-state index in [2.05, 4.69) is 10.6 Å². The summed E-state index contributed by atoms with van der Waals surface area (Å²) in [6.07, 6.45) is 2.04. The van der Waals surface area contributed by atoms with Gasteiger partial charge in [0.15, 0.2) is 6.29 Å². The Bertz CT molecular complexity index is 222. The third-order valence-electron chi connectivity index (χ3n) is 1.47. The van der Waals surface area contributed by atoms with Crippen molar-refractivity contribution in [2.24, 2.45) is 0 Å². The Hall–Kier alpha value is -0.560. The van der Waals surface area contributed by atoms with E-state index in [0.29, 0.717) is 19.4 Å². The second-order valence-corrected chi connectivity index (χ2v) is 3.92. The number of nitrogens with one attached hydrogen (secondary N) is 2. The Morgan fingerprint density at radius 2 is 2.54 bits per heavy atom. The Balaban J connectivity index is 2.27. The number of carbonyl (C=O) groups is 1. The maximum Gasteiger partial charge on any atom is 0.246 e. The second kappa shape index (κ2) is 4.61. The predicted molar refractivity (Wildman–Crippen MR) is 49.8 cm³/mol. The van der Waals surface area contributed by atoms with E-state index in [1.54, 1.807) is 6.20 Å². The molecule has 6 heteroatoms. The Labute approximate surface area is 80.2 Å². The first-order valence-corrected chi connectivity index (χ1v) is 4.68. The van der Waals surface area contributed by atoms with Gasteiger partial charge in [-0.1, -0.05) is 11.8 Å². The molecule has 0 saturated carbocycles. The fraction of sp³-hybridized carbons (Fsp3) is 0.571. The summed E-state index contributed by atoms with van der Waals surface area (Å²) in [5.41, 5.74) is 0. The number of aliphatic hydroxyl groups is 2. The van der Waals surface area contributed by atoms with Crippen molar-refractivity contribution in [1.29, 1.82) is 0 Å². The van der Waals surface area contributed by atoms with Crippen molar-refractivity contribution in [3.8, 4) is 0 Å². The predicted octanol–water partition coefficient (Wildman–Crippen LogP) is -1.41. The van der Waals surface area contributed by atoms with Crippen molar-refractivity contribution in [1.82, 2.24) is 10.6 Å². The second-order valence-electron chi connectivity index (χ2n) is 2.57. The van der Waals surface area contributed by atoms with Crippen LogP contribution < -0.4 is 10.6 Å². The van der Waals surface area contributed by atoms with Gasteiger partial charge in [0.25, 0.3) is 0 Å². The summed E-state index contributed by atoms with van der Waals surface area (Å²) in [4.78, 5) is 11.2. The van der Waals surface area contributed by atoms with Crippen molar-refractivity contribution in [3.05, 3.63) is 11.1 Å². The van der Waals surface area contributed by atoms with E-state index in [4.69, 9.17) is 5.11 Å². The standard InChI is InChI=1S/C7H12N2O3S/c10-2-1-8-3-6-4-9-7(12,5-11)13-6/h4-5,8-10,12H,1-3H2. The monoisotopic (exact) mass is 204 g/mol. The molecule has 0 spiro atoms. The fourth-order valence-electron chi connectivity index (χ4n) is 0.879. The highest BCUT2D eigenvalue weighted by Gasteiger charge is 2.31. The molecule has 1 rings (SSSR count). The number of aldehydes is 1. The average Bonchev–Trinajstić information content (AvgIpc) is 2.50. The molecule has 4 N–H and O–H groups in total. The Morgan fingerprint density at radius 3 is 3.08 bits per heavy atom. The number of carbonyl (C=O) groups excluding carboxylic acids is 1. The van der Waals surface area contributed by atoms with Crippen LogP contribution in [0.4, 0.5) is 0 Å². The molecule has 0 bridgehead atoms. The molecule has 1 unspecified atom stereocenters. The van der Waals surface area contributed by atoms with E-state index in [-0.39, 0.29) is 6.61 Å². The number of hydrogen-bond acceptors (Lipinski definition) is 6. The smallest absolute Gasteiger partial charge is 0.246 e. The number of rotatable bonds is 5. The molecular formula is C7H12N2O3S. The van der Waals surface area contributed by atoms with Gasteiger partial charge in [0, 0.05) is 24.2 Å².